The van der Waals surface area contributed by atoms with Crippen LogP contribution in [0.2, 0.25) is 0 Å². The first-order valence-corrected chi connectivity index (χ1v) is 10.0. The first-order chi connectivity index (χ1) is 14.7. The number of fused-ring (bicyclic) bond motifs is 1. The Morgan fingerprint density at radius 2 is 1.90 bits per heavy atom. The number of alkyl halides is 3. The minimum Gasteiger partial charge on any atom is -0.348 e. The molecule has 0 spiro atoms. The summed E-state index contributed by atoms with van der Waals surface area (Å²) in [5.41, 5.74) is 2.23. The number of rotatable bonds is 4. The first-order valence-electron chi connectivity index (χ1n) is 10.0. The van der Waals surface area contributed by atoms with E-state index in [1.165, 1.54) is 4.68 Å². The molecule has 0 atom stereocenters. The van der Waals surface area contributed by atoms with Gasteiger partial charge in [0.05, 0.1) is 16.9 Å². The van der Waals surface area contributed by atoms with Crippen LogP contribution in [0.1, 0.15) is 38.4 Å². The second kappa shape index (κ2) is 8.19. The number of carbonyl (C=O) groups excluding carboxylic acids is 1. The van der Waals surface area contributed by atoms with Gasteiger partial charge in [0.15, 0.2) is 5.69 Å². The third kappa shape index (κ3) is 4.34. The highest BCUT2D eigenvalue weighted by molar-refractivity contribution is 5.98. The van der Waals surface area contributed by atoms with E-state index in [9.17, 15) is 18.0 Å². The monoisotopic (exact) mass is 428 g/mol. The molecule has 5 nitrogen and oxygen atoms in total. The number of aryl methyl sites for hydroxylation is 1. The summed E-state index contributed by atoms with van der Waals surface area (Å²) in [6.45, 7) is 2.96. The highest BCUT2D eigenvalue weighted by Crippen LogP contribution is 2.36. The number of nitrogens with zero attached hydrogens (tertiary/aromatic N) is 3. The van der Waals surface area contributed by atoms with E-state index in [0.29, 0.717) is 36.5 Å². The summed E-state index contributed by atoms with van der Waals surface area (Å²) in [6.07, 6.45) is -4.14. The number of hydrogen-bond acceptors (Lipinski definition) is 3. The Balaban J connectivity index is 1.75. The molecule has 162 valence electrons. The van der Waals surface area contributed by atoms with Crippen molar-refractivity contribution >= 4 is 5.91 Å². The molecule has 1 aromatic heterocycles. The van der Waals surface area contributed by atoms with E-state index in [-0.39, 0.29) is 18.0 Å². The minimum atomic E-state index is -4.56. The fourth-order valence-corrected chi connectivity index (χ4v) is 3.87. The molecule has 0 saturated heterocycles. The van der Waals surface area contributed by atoms with Gasteiger partial charge in [-0.1, -0.05) is 42.0 Å². The normalized spacial score (nSPS) is 14.4. The summed E-state index contributed by atoms with van der Waals surface area (Å²) in [4.78, 5) is 14.8. The van der Waals surface area contributed by atoms with E-state index in [2.05, 4.69) is 10.4 Å². The minimum absolute atomic E-state index is 0.172. The molecular weight excluding hydrogens is 405 g/mol. The lowest BCUT2D eigenvalue weighted by Gasteiger charge is -2.24. The molecule has 0 radical (unpaired) electrons. The van der Waals surface area contributed by atoms with Gasteiger partial charge in [-0.15, -0.1) is 0 Å². The molecule has 0 aliphatic carbocycles. The van der Waals surface area contributed by atoms with Gasteiger partial charge in [0.2, 0.25) is 0 Å². The Hall–Kier alpha value is -3.13. The van der Waals surface area contributed by atoms with E-state index in [4.69, 9.17) is 0 Å². The number of amides is 1. The molecular formula is C23H23F3N4O. The zero-order chi connectivity index (χ0) is 22.2. The van der Waals surface area contributed by atoms with Gasteiger partial charge in [0, 0.05) is 31.6 Å². The van der Waals surface area contributed by atoms with Crippen molar-refractivity contribution < 1.29 is 18.0 Å². The van der Waals surface area contributed by atoms with Gasteiger partial charge in [0.1, 0.15) is 0 Å². The first kappa shape index (κ1) is 21.1. The lowest BCUT2D eigenvalue weighted by atomic mass is 10.0. The van der Waals surface area contributed by atoms with Gasteiger partial charge in [-0.25, -0.2) is 4.68 Å². The van der Waals surface area contributed by atoms with Crippen LogP contribution in [-0.4, -0.2) is 34.2 Å². The molecule has 1 aliphatic rings. The average Bonchev–Trinajstić information content (AvgIpc) is 3.11. The fraction of sp³-hybridized carbons (Fsp3) is 0.304. The number of likely N-dealkylation sites (N-methyl/N-ethyl adjacent to an activating group) is 1. The molecule has 8 heteroatoms. The van der Waals surface area contributed by atoms with Crippen LogP contribution in [0.25, 0.3) is 5.69 Å². The number of nitrogens with one attached hydrogen (secondary N) is 1. The Labute approximate surface area is 178 Å². The van der Waals surface area contributed by atoms with Crippen LogP contribution in [0, 0.1) is 6.92 Å². The molecule has 4 rings (SSSR count). The van der Waals surface area contributed by atoms with E-state index in [1.54, 1.807) is 25.2 Å². The van der Waals surface area contributed by atoms with Crippen molar-refractivity contribution in [1.82, 2.24) is 20.0 Å². The van der Waals surface area contributed by atoms with Crippen LogP contribution in [0.3, 0.4) is 0 Å². The fourth-order valence-electron chi connectivity index (χ4n) is 3.87. The number of halogens is 3. The highest BCUT2D eigenvalue weighted by Gasteiger charge is 2.40. The van der Waals surface area contributed by atoms with Crippen molar-refractivity contribution in [3.8, 4) is 5.69 Å². The van der Waals surface area contributed by atoms with E-state index in [1.807, 2.05) is 42.2 Å². The molecule has 3 aromatic rings. The van der Waals surface area contributed by atoms with Crippen LogP contribution in [0.15, 0.2) is 48.5 Å². The van der Waals surface area contributed by atoms with Crippen LogP contribution >= 0.6 is 0 Å². The molecule has 0 saturated carbocycles. The molecule has 1 amide bonds. The van der Waals surface area contributed by atoms with E-state index in [0.717, 1.165) is 11.1 Å². The summed E-state index contributed by atoms with van der Waals surface area (Å²) < 4.78 is 42.4. The number of benzene rings is 2. The number of carbonyl (C=O) groups is 1. The van der Waals surface area contributed by atoms with Gasteiger partial charge < -0.3 is 10.2 Å². The standard InChI is InChI=1S/C23H23F3N4O/c1-15-8-9-19(17(12-15)22(31)27-13-16-6-4-3-5-7-16)30-20-10-11-29(2)14-18(20)21(28-30)23(24,25)26/h3-9,12H,10-11,13-14H2,1-2H3,(H,27,31). The van der Waals surface area contributed by atoms with Crippen molar-refractivity contribution in [2.45, 2.75) is 32.6 Å². The zero-order valence-electron chi connectivity index (χ0n) is 17.3. The Morgan fingerprint density at radius 3 is 2.61 bits per heavy atom. The third-order valence-corrected chi connectivity index (χ3v) is 5.44. The smallest absolute Gasteiger partial charge is 0.348 e. The van der Waals surface area contributed by atoms with Gasteiger partial charge in [-0.2, -0.15) is 18.3 Å². The maximum absolute atomic E-state index is 13.7. The second-order valence-electron chi connectivity index (χ2n) is 7.86. The summed E-state index contributed by atoms with van der Waals surface area (Å²) in [7, 11) is 1.79. The molecule has 1 N–H and O–H groups in total. The topological polar surface area (TPSA) is 50.2 Å². The van der Waals surface area contributed by atoms with Crippen LogP contribution in [-0.2, 0) is 25.7 Å². The third-order valence-electron chi connectivity index (χ3n) is 5.44. The molecule has 1 aliphatic heterocycles. The SMILES string of the molecule is Cc1ccc(-n2nc(C(F)(F)F)c3c2CCN(C)C3)c(C(=O)NCc2ccccc2)c1. The Morgan fingerprint density at radius 1 is 1.16 bits per heavy atom. The average molecular weight is 428 g/mol. The summed E-state index contributed by atoms with van der Waals surface area (Å²) in [6, 6.07) is 14.6. The molecule has 2 aromatic carbocycles. The lowest BCUT2D eigenvalue weighted by molar-refractivity contribution is -0.142. The number of aromatic nitrogens is 2. The van der Waals surface area contributed by atoms with Crippen LogP contribution < -0.4 is 5.32 Å². The second-order valence-corrected chi connectivity index (χ2v) is 7.86. The molecule has 31 heavy (non-hydrogen) atoms. The van der Waals surface area contributed by atoms with Crippen molar-refractivity contribution in [3.63, 3.8) is 0 Å². The summed E-state index contributed by atoms with van der Waals surface area (Å²) in [5, 5.41) is 6.81. The predicted octanol–water partition coefficient (Wildman–Crippen LogP) is 4.12. The predicted molar refractivity (Wildman–Crippen MR) is 111 cm³/mol. The van der Waals surface area contributed by atoms with Gasteiger partial charge in [-0.05, 0) is 31.7 Å². The van der Waals surface area contributed by atoms with Crippen LogP contribution in [0.5, 0.6) is 0 Å². The van der Waals surface area contributed by atoms with Crippen molar-refractivity contribution in [2.75, 3.05) is 13.6 Å². The number of hydrogen-bond donors (Lipinski definition) is 1. The maximum Gasteiger partial charge on any atom is 0.435 e. The summed E-state index contributed by atoms with van der Waals surface area (Å²) >= 11 is 0. The van der Waals surface area contributed by atoms with Crippen molar-refractivity contribution in [3.05, 3.63) is 82.2 Å². The van der Waals surface area contributed by atoms with E-state index < -0.39 is 11.9 Å². The van der Waals surface area contributed by atoms with Gasteiger partial charge >= 0.3 is 6.18 Å². The van der Waals surface area contributed by atoms with Gasteiger partial charge in [-0.3, -0.25) is 4.79 Å². The quantitative estimate of drug-likeness (QED) is 0.680. The molecule has 2 heterocycles. The maximum atomic E-state index is 13.7. The van der Waals surface area contributed by atoms with Crippen LogP contribution in [0.4, 0.5) is 13.2 Å². The lowest BCUT2D eigenvalue weighted by Crippen LogP contribution is -2.29. The molecule has 0 unspecified atom stereocenters. The van der Waals surface area contributed by atoms with E-state index >= 15 is 0 Å². The Bertz CT molecular complexity index is 1110. The van der Waals surface area contributed by atoms with Crippen molar-refractivity contribution in [2.24, 2.45) is 0 Å². The highest BCUT2D eigenvalue weighted by atomic mass is 19.4. The zero-order valence-corrected chi connectivity index (χ0v) is 17.3. The van der Waals surface area contributed by atoms with Gasteiger partial charge in [0.25, 0.3) is 5.91 Å². The summed E-state index contributed by atoms with van der Waals surface area (Å²) in [5.74, 6) is -0.353. The molecule has 0 fully saturated rings. The Kier molecular flexibility index (Phi) is 5.58. The largest absolute Gasteiger partial charge is 0.435 e. The van der Waals surface area contributed by atoms with Crippen molar-refractivity contribution in [1.29, 1.82) is 0 Å². The molecule has 0 bridgehead atoms.